The number of hydrogen-bond acceptors (Lipinski definition) is 3. The van der Waals surface area contributed by atoms with Gasteiger partial charge in [-0.05, 0) is 25.5 Å². The second kappa shape index (κ2) is 6.24. The van der Waals surface area contributed by atoms with Gasteiger partial charge in [0.2, 0.25) is 0 Å². The van der Waals surface area contributed by atoms with Crippen molar-refractivity contribution in [2.45, 2.75) is 26.4 Å². The van der Waals surface area contributed by atoms with Crippen molar-refractivity contribution in [3.05, 3.63) is 59.7 Å². The van der Waals surface area contributed by atoms with E-state index in [2.05, 4.69) is 6.92 Å². The first-order valence-electron chi connectivity index (χ1n) is 6.77. The number of benzene rings is 2. The zero-order chi connectivity index (χ0) is 14.5. The van der Waals surface area contributed by atoms with Crippen LogP contribution in [-0.2, 0) is 0 Å². The predicted molar refractivity (Wildman–Crippen MR) is 81.1 cm³/mol. The van der Waals surface area contributed by atoms with E-state index in [0.717, 1.165) is 6.42 Å². The number of carbonyl (C=O) groups excluding carboxylic acids is 1. The van der Waals surface area contributed by atoms with Crippen LogP contribution < -0.4 is 10.5 Å². The summed E-state index contributed by atoms with van der Waals surface area (Å²) < 4.78 is 5.69. The Labute approximate surface area is 119 Å². The molecular formula is C17H19NO2. The molecule has 2 aromatic rings. The quantitative estimate of drug-likeness (QED) is 0.665. The molecule has 2 aromatic carbocycles. The summed E-state index contributed by atoms with van der Waals surface area (Å²) in [4.78, 5) is 12.3. The lowest BCUT2D eigenvalue weighted by atomic mass is 10.0. The molecule has 104 valence electrons. The third-order valence-electron chi connectivity index (χ3n) is 3.22. The molecule has 0 heterocycles. The van der Waals surface area contributed by atoms with E-state index in [4.69, 9.17) is 10.5 Å². The van der Waals surface area contributed by atoms with Crippen LogP contribution in [0.4, 0.5) is 5.69 Å². The molecule has 3 heteroatoms. The van der Waals surface area contributed by atoms with Crippen molar-refractivity contribution in [1.82, 2.24) is 0 Å². The zero-order valence-electron chi connectivity index (χ0n) is 11.8. The molecule has 0 aliphatic heterocycles. The normalized spacial score (nSPS) is 11.9. The highest BCUT2D eigenvalue weighted by atomic mass is 16.5. The standard InChI is InChI=1S/C17H19NO2/c1-3-12(2)20-14-9-10-15(16(18)11-14)17(19)13-7-5-4-6-8-13/h4-12H,3,18H2,1-2H3. The van der Waals surface area contributed by atoms with Crippen LogP contribution in [0.2, 0.25) is 0 Å². The van der Waals surface area contributed by atoms with Crippen molar-refractivity contribution in [3.63, 3.8) is 0 Å². The minimum atomic E-state index is -0.0711. The molecule has 20 heavy (non-hydrogen) atoms. The van der Waals surface area contributed by atoms with Gasteiger partial charge in [0.1, 0.15) is 5.75 Å². The number of hydrogen-bond donors (Lipinski definition) is 1. The maximum atomic E-state index is 12.3. The van der Waals surface area contributed by atoms with Gasteiger partial charge < -0.3 is 10.5 Å². The summed E-state index contributed by atoms with van der Waals surface area (Å²) in [5.74, 6) is 0.625. The third kappa shape index (κ3) is 3.18. The summed E-state index contributed by atoms with van der Waals surface area (Å²) in [5, 5.41) is 0. The van der Waals surface area contributed by atoms with Gasteiger partial charge in [0.25, 0.3) is 0 Å². The van der Waals surface area contributed by atoms with Crippen molar-refractivity contribution in [1.29, 1.82) is 0 Å². The Bertz CT molecular complexity index is 593. The van der Waals surface area contributed by atoms with Crippen LogP contribution in [0.1, 0.15) is 36.2 Å². The molecule has 2 rings (SSSR count). The monoisotopic (exact) mass is 269 g/mol. The van der Waals surface area contributed by atoms with E-state index in [-0.39, 0.29) is 11.9 Å². The van der Waals surface area contributed by atoms with Gasteiger partial charge in [-0.15, -0.1) is 0 Å². The molecular weight excluding hydrogens is 250 g/mol. The van der Waals surface area contributed by atoms with Gasteiger partial charge in [0.05, 0.1) is 6.10 Å². The lowest BCUT2D eigenvalue weighted by Gasteiger charge is -2.14. The Balaban J connectivity index is 2.24. The lowest BCUT2D eigenvalue weighted by molar-refractivity contribution is 0.103. The maximum absolute atomic E-state index is 12.3. The van der Waals surface area contributed by atoms with Crippen molar-refractivity contribution < 1.29 is 9.53 Å². The van der Waals surface area contributed by atoms with Crippen molar-refractivity contribution in [2.75, 3.05) is 5.73 Å². The Hall–Kier alpha value is -2.29. The molecule has 1 unspecified atom stereocenters. The summed E-state index contributed by atoms with van der Waals surface area (Å²) in [6.45, 7) is 4.06. The number of nitrogen functional groups attached to an aromatic ring is 1. The summed E-state index contributed by atoms with van der Waals surface area (Å²) in [6.07, 6.45) is 1.05. The Morgan fingerprint density at radius 3 is 2.50 bits per heavy atom. The number of ether oxygens (including phenoxy) is 1. The van der Waals surface area contributed by atoms with Crippen LogP contribution in [0.15, 0.2) is 48.5 Å². The first-order chi connectivity index (χ1) is 9.61. The van der Waals surface area contributed by atoms with Crippen molar-refractivity contribution in [2.24, 2.45) is 0 Å². The number of anilines is 1. The summed E-state index contributed by atoms with van der Waals surface area (Å²) >= 11 is 0. The maximum Gasteiger partial charge on any atom is 0.195 e. The molecule has 0 aromatic heterocycles. The fourth-order valence-electron chi connectivity index (χ4n) is 1.88. The first-order valence-corrected chi connectivity index (χ1v) is 6.77. The highest BCUT2D eigenvalue weighted by Gasteiger charge is 2.13. The molecule has 3 nitrogen and oxygen atoms in total. The second-order valence-electron chi connectivity index (χ2n) is 4.78. The van der Waals surface area contributed by atoms with Crippen LogP contribution in [-0.4, -0.2) is 11.9 Å². The number of rotatable bonds is 5. The van der Waals surface area contributed by atoms with Crippen molar-refractivity contribution >= 4 is 11.5 Å². The minimum Gasteiger partial charge on any atom is -0.491 e. The van der Waals surface area contributed by atoms with E-state index in [9.17, 15) is 4.79 Å². The van der Waals surface area contributed by atoms with E-state index in [1.54, 1.807) is 30.3 Å². The van der Waals surface area contributed by atoms with Gasteiger partial charge in [-0.3, -0.25) is 4.79 Å². The highest BCUT2D eigenvalue weighted by molar-refractivity contribution is 6.12. The minimum absolute atomic E-state index is 0.0711. The SMILES string of the molecule is CCC(C)Oc1ccc(C(=O)c2ccccc2)c(N)c1. The fourth-order valence-corrected chi connectivity index (χ4v) is 1.88. The topological polar surface area (TPSA) is 52.3 Å². The Kier molecular flexibility index (Phi) is 4.41. The summed E-state index contributed by atoms with van der Waals surface area (Å²) in [7, 11) is 0. The zero-order valence-corrected chi connectivity index (χ0v) is 11.8. The van der Waals surface area contributed by atoms with Gasteiger partial charge in [0, 0.05) is 22.9 Å². The van der Waals surface area contributed by atoms with Crippen LogP contribution in [0, 0.1) is 0 Å². The molecule has 0 aliphatic rings. The number of nitrogens with two attached hydrogens (primary N) is 1. The molecule has 0 bridgehead atoms. The highest BCUT2D eigenvalue weighted by Crippen LogP contribution is 2.23. The lowest BCUT2D eigenvalue weighted by Crippen LogP contribution is -2.11. The Morgan fingerprint density at radius 1 is 1.20 bits per heavy atom. The van der Waals surface area contributed by atoms with E-state index in [0.29, 0.717) is 22.6 Å². The fraction of sp³-hybridized carbons (Fsp3) is 0.235. The molecule has 1 atom stereocenters. The van der Waals surface area contributed by atoms with Crippen LogP contribution >= 0.6 is 0 Å². The van der Waals surface area contributed by atoms with Gasteiger partial charge in [-0.1, -0.05) is 37.3 Å². The van der Waals surface area contributed by atoms with Crippen LogP contribution in [0.5, 0.6) is 5.75 Å². The summed E-state index contributed by atoms with van der Waals surface area (Å²) in [6, 6.07) is 14.3. The van der Waals surface area contributed by atoms with E-state index in [1.165, 1.54) is 0 Å². The molecule has 0 saturated carbocycles. The predicted octanol–water partition coefficient (Wildman–Crippen LogP) is 3.68. The average molecular weight is 269 g/mol. The van der Waals surface area contributed by atoms with Gasteiger partial charge in [-0.25, -0.2) is 0 Å². The summed E-state index contributed by atoms with van der Waals surface area (Å²) in [5.41, 5.74) is 7.56. The number of ketones is 1. The average Bonchev–Trinajstić information content (AvgIpc) is 2.47. The largest absolute Gasteiger partial charge is 0.491 e. The first kappa shape index (κ1) is 14.1. The third-order valence-corrected chi connectivity index (χ3v) is 3.22. The number of carbonyl (C=O) groups is 1. The molecule has 0 amide bonds. The van der Waals surface area contributed by atoms with Crippen molar-refractivity contribution in [3.8, 4) is 5.75 Å². The van der Waals surface area contributed by atoms with E-state index >= 15 is 0 Å². The van der Waals surface area contributed by atoms with E-state index in [1.807, 2.05) is 25.1 Å². The van der Waals surface area contributed by atoms with Crippen LogP contribution in [0.25, 0.3) is 0 Å². The smallest absolute Gasteiger partial charge is 0.195 e. The van der Waals surface area contributed by atoms with E-state index < -0.39 is 0 Å². The molecule has 0 spiro atoms. The Morgan fingerprint density at radius 2 is 1.90 bits per heavy atom. The molecule has 0 saturated heterocycles. The van der Waals surface area contributed by atoms with Gasteiger partial charge in [-0.2, -0.15) is 0 Å². The molecule has 0 aliphatic carbocycles. The molecule has 0 radical (unpaired) electrons. The van der Waals surface area contributed by atoms with Crippen LogP contribution in [0.3, 0.4) is 0 Å². The van der Waals surface area contributed by atoms with Gasteiger partial charge in [0.15, 0.2) is 5.78 Å². The molecule has 0 fully saturated rings. The molecule has 2 N–H and O–H groups in total. The van der Waals surface area contributed by atoms with Gasteiger partial charge >= 0.3 is 0 Å². The second-order valence-corrected chi connectivity index (χ2v) is 4.78.